The van der Waals surface area contributed by atoms with E-state index in [-0.39, 0.29) is 23.9 Å². The molecule has 3 aromatic rings. The molecule has 2 aromatic heterocycles. The minimum absolute atomic E-state index is 0.0114. The summed E-state index contributed by atoms with van der Waals surface area (Å²) in [4.78, 5) is 30.0. The highest BCUT2D eigenvalue weighted by molar-refractivity contribution is 5.78. The van der Waals surface area contributed by atoms with Crippen molar-refractivity contribution in [2.45, 2.75) is 58.6 Å². The number of nitrogens with zero attached hydrogens (tertiary/aromatic N) is 6. The summed E-state index contributed by atoms with van der Waals surface area (Å²) in [6, 6.07) is 8.77. The molecule has 2 fully saturated rings. The topological polar surface area (TPSA) is 97.6 Å². The quantitative estimate of drug-likeness (QED) is 0.451. The number of piperidine rings is 1. The minimum atomic E-state index is -2.78. The molecule has 10 nitrogen and oxygen atoms in total. The first kappa shape index (κ1) is 28.0. The van der Waals surface area contributed by atoms with Crippen LogP contribution < -0.4 is 10.2 Å². The Morgan fingerprint density at radius 2 is 1.73 bits per heavy atom. The number of carbonyl (C=O) groups is 1. The van der Waals surface area contributed by atoms with Crippen molar-refractivity contribution in [3.63, 3.8) is 0 Å². The third kappa shape index (κ3) is 6.27. The van der Waals surface area contributed by atoms with Crippen LogP contribution in [0.1, 0.15) is 52.8 Å². The van der Waals surface area contributed by atoms with E-state index in [1.807, 2.05) is 20.8 Å². The van der Waals surface area contributed by atoms with Gasteiger partial charge in [-0.2, -0.15) is 9.97 Å². The number of benzene rings is 1. The number of morpholine rings is 1. The van der Waals surface area contributed by atoms with Crippen LogP contribution in [0.3, 0.4) is 0 Å². The molecular formula is C28H37F2N7O3. The number of fused-ring (bicyclic) bond motifs is 1. The first-order valence-electron chi connectivity index (χ1n) is 13.8. The van der Waals surface area contributed by atoms with E-state index in [9.17, 15) is 13.6 Å². The van der Waals surface area contributed by atoms with Crippen molar-refractivity contribution in [2.75, 3.05) is 49.6 Å². The molecule has 2 aliphatic rings. The van der Waals surface area contributed by atoms with Crippen LogP contribution in [0.15, 0.2) is 30.3 Å². The average Bonchev–Trinajstić information content (AvgIpc) is 3.33. The summed E-state index contributed by atoms with van der Waals surface area (Å²) in [6.07, 6.45) is -1.48. The second kappa shape index (κ2) is 11.5. The van der Waals surface area contributed by atoms with Gasteiger partial charge < -0.3 is 24.6 Å². The van der Waals surface area contributed by atoms with Gasteiger partial charge in [-0.3, -0.25) is 4.57 Å². The van der Waals surface area contributed by atoms with E-state index in [0.717, 1.165) is 12.8 Å². The largest absolute Gasteiger partial charge is 0.444 e. The van der Waals surface area contributed by atoms with E-state index < -0.39 is 12.0 Å². The summed E-state index contributed by atoms with van der Waals surface area (Å²) in [5, 5.41) is 3.44. The number of amides is 1. The molecule has 2 aliphatic heterocycles. The second-order valence-electron chi connectivity index (χ2n) is 11.3. The van der Waals surface area contributed by atoms with Gasteiger partial charge in [0.15, 0.2) is 5.82 Å². The summed E-state index contributed by atoms with van der Waals surface area (Å²) in [5.74, 6) is 1.24. The maximum Gasteiger partial charge on any atom is 0.410 e. The van der Waals surface area contributed by atoms with Crippen molar-refractivity contribution in [3.8, 4) is 5.82 Å². The Hall–Kier alpha value is -3.54. The standard InChI is InChI=1S/C28H37F2N7O3/c1-18(19-9-11-36(12-10-19)27(38)40-28(2,3)4)31-26-33-22(35-13-15-39-16-14-35)17-23(34-26)37-21-8-6-5-7-20(21)32-25(37)24(29)30/h5-8,17-19,24H,9-16H2,1-4H3,(H,31,33,34). The minimum Gasteiger partial charge on any atom is -0.444 e. The van der Waals surface area contributed by atoms with Crippen LogP contribution in [-0.2, 0) is 9.47 Å². The molecule has 1 amide bonds. The lowest BCUT2D eigenvalue weighted by Crippen LogP contribution is -2.44. The number of para-hydroxylation sites is 2. The smallest absolute Gasteiger partial charge is 0.410 e. The molecule has 1 atom stereocenters. The predicted octanol–water partition coefficient (Wildman–Crippen LogP) is 5.04. The number of ether oxygens (including phenoxy) is 2. The van der Waals surface area contributed by atoms with E-state index in [2.05, 4.69) is 22.1 Å². The zero-order valence-electron chi connectivity index (χ0n) is 23.4. The Kier molecular flexibility index (Phi) is 8.07. The Morgan fingerprint density at radius 3 is 2.40 bits per heavy atom. The van der Waals surface area contributed by atoms with Crippen LogP contribution in [0.2, 0.25) is 0 Å². The van der Waals surface area contributed by atoms with Crippen molar-refractivity contribution in [1.29, 1.82) is 0 Å². The normalized spacial score (nSPS) is 17.9. The van der Waals surface area contributed by atoms with E-state index >= 15 is 0 Å². The van der Waals surface area contributed by atoms with Crippen LogP contribution >= 0.6 is 0 Å². The zero-order chi connectivity index (χ0) is 28.4. The molecule has 2 saturated heterocycles. The molecule has 0 saturated carbocycles. The van der Waals surface area contributed by atoms with Crippen LogP contribution in [0.5, 0.6) is 0 Å². The molecule has 12 heteroatoms. The molecular weight excluding hydrogens is 520 g/mol. The highest BCUT2D eigenvalue weighted by Crippen LogP contribution is 2.30. The van der Waals surface area contributed by atoms with Gasteiger partial charge in [0.2, 0.25) is 5.95 Å². The average molecular weight is 558 g/mol. The van der Waals surface area contributed by atoms with Gasteiger partial charge in [-0.1, -0.05) is 12.1 Å². The van der Waals surface area contributed by atoms with E-state index in [1.165, 1.54) is 4.57 Å². The number of nitrogens with one attached hydrogen (secondary N) is 1. The van der Waals surface area contributed by atoms with E-state index in [0.29, 0.717) is 68.0 Å². The monoisotopic (exact) mass is 557 g/mol. The summed E-state index contributed by atoms with van der Waals surface area (Å²) < 4.78 is 40.7. The lowest BCUT2D eigenvalue weighted by Gasteiger charge is -2.36. The third-order valence-corrected chi connectivity index (χ3v) is 7.30. The second-order valence-corrected chi connectivity index (χ2v) is 11.3. The maximum atomic E-state index is 14.1. The van der Waals surface area contributed by atoms with Gasteiger partial charge in [0.25, 0.3) is 6.43 Å². The summed E-state index contributed by atoms with van der Waals surface area (Å²) >= 11 is 0. The van der Waals surface area contributed by atoms with Crippen molar-refractivity contribution >= 4 is 28.9 Å². The van der Waals surface area contributed by atoms with Crippen molar-refractivity contribution in [2.24, 2.45) is 5.92 Å². The number of aromatic nitrogens is 4. The number of rotatable bonds is 6. The molecule has 0 radical (unpaired) electrons. The Labute approximate surface area is 232 Å². The first-order valence-corrected chi connectivity index (χ1v) is 13.8. The van der Waals surface area contributed by atoms with Crippen molar-refractivity contribution in [1.82, 2.24) is 24.4 Å². The fraction of sp³-hybridized carbons (Fsp3) is 0.571. The van der Waals surface area contributed by atoms with Crippen molar-refractivity contribution in [3.05, 3.63) is 36.2 Å². The lowest BCUT2D eigenvalue weighted by molar-refractivity contribution is 0.0179. The molecule has 1 unspecified atom stereocenters. The molecule has 40 heavy (non-hydrogen) atoms. The fourth-order valence-corrected chi connectivity index (χ4v) is 5.22. The molecule has 0 aliphatic carbocycles. The summed E-state index contributed by atoms with van der Waals surface area (Å²) in [6.45, 7) is 11.3. The highest BCUT2D eigenvalue weighted by Gasteiger charge is 2.30. The number of anilines is 2. The van der Waals surface area contributed by atoms with Gasteiger partial charge in [-0.05, 0) is 58.6 Å². The van der Waals surface area contributed by atoms with Crippen LogP contribution in [-0.4, -0.2) is 81.5 Å². The number of hydrogen-bond acceptors (Lipinski definition) is 8. The number of alkyl halides is 2. The molecule has 1 N–H and O–H groups in total. The molecule has 0 bridgehead atoms. The Morgan fingerprint density at radius 1 is 1.05 bits per heavy atom. The summed E-state index contributed by atoms with van der Waals surface area (Å²) in [5.41, 5.74) is 0.496. The molecule has 1 aromatic carbocycles. The van der Waals surface area contributed by atoms with Gasteiger partial charge >= 0.3 is 6.09 Å². The lowest BCUT2D eigenvalue weighted by atomic mass is 9.90. The Balaban J connectivity index is 1.40. The van der Waals surface area contributed by atoms with Gasteiger partial charge in [0.1, 0.15) is 17.2 Å². The SMILES string of the molecule is CC(Nc1nc(N2CCOCC2)cc(-n2c(C(F)F)nc3ccccc32)n1)C1CCN(C(=O)OC(C)(C)C)CC1. The molecule has 216 valence electrons. The number of imidazole rings is 1. The van der Waals surface area contributed by atoms with Gasteiger partial charge in [0, 0.05) is 38.3 Å². The number of carbonyl (C=O) groups excluding carboxylic acids is 1. The van der Waals surface area contributed by atoms with Crippen LogP contribution in [0.25, 0.3) is 16.9 Å². The number of halogens is 2. The van der Waals surface area contributed by atoms with E-state index in [1.54, 1.807) is 35.2 Å². The number of hydrogen-bond donors (Lipinski definition) is 1. The first-order chi connectivity index (χ1) is 19.1. The summed E-state index contributed by atoms with van der Waals surface area (Å²) in [7, 11) is 0. The molecule has 5 rings (SSSR count). The molecule has 0 spiro atoms. The van der Waals surface area contributed by atoms with Crippen molar-refractivity contribution < 1.29 is 23.0 Å². The Bertz CT molecular complexity index is 1330. The van der Waals surface area contributed by atoms with E-state index in [4.69, 9.17) is 19.4 Å². The maximum absolute atomic E-state index is 14.1. The van der Waals surface area contributed by atoms with Gasteiger partial charge in [-0.25, -0.2) is 18.6 Å². The third-order valence-electron chi connectivity index (χ3n) is 7.30. The molecule has 4 heterocycles. The van der Waals surface area contributed by atoms with Gasteiger partial charge in [-0.15, -0.1) is 0 Å². The fourth-order valence-electron chi connectivity index (χ4n) is 5.22. The predicted molar refractivity (Wildman–Crippen MR) is 148 cm³/mol. The van der Waals surface area contributed by atoms with Crippen LogP contribution in [0, 0.1) is 5.92 Å². The zero-order valence-corrected chi connectivity index (χ0v) is 23.4. The van der Waals surface area contributed by atoms with Crippen LogP contribution in [0.4, 0.5) is 25.3 Å². The highest BCUT2D eigenvalue weighted by atomic mass is 19.3. The number of likely N-dealkylation sites (tertiary alicyclic amines) is 1. The van der Waals surface area contributed by atoms with Gasteiger partial charge in [0.05, 0.1) is 24.2 Å².